The summed E-state index contributed by atoms with van der Waals surface area (Å²) in [6.07, 6.45) is 0. The first-order valence-corrected chi connectivity index (χ1v) is 8.84. The van der Waals surface area contributed by atoms with Crippen molar-refractivity contribution < 1.29 is 23.4 Å². The monoisotopic (exact) mass is 374 g/mol. The Kier molecular flexibility index (Phi) is 4.34. The van der Waals surface area contributed by atoms with Gasteiger partial charge < -0.3 is 18.8 Å². The van der Waals surface area contributed by atoms with Crippen LogP contribution in [0.25, 0.3) is 10.2 Å². The fraction of sp³-hybridized carbons (Fsp3) is 0.222. The highest BCUT2D eigenvalue weighted by Gasteiger charge is 2.17. The number of thiazole rings is 1. The van der Waals surface area contributed by atoms with Gasteiger partial charge in [0.25, 0.3) is 5.91 Å². The van der Waals surface area contributed by atoms with Crippen molar-refractivity contribution in [2.24, 2.45) is 4.99 Å². The minimum absolute atomic E-state index is 0.216. The van der Waals surface area contributed by atoms with E-state index in [-0.39, 0.29) is 19.2 Å². The van der Waals surface area contributed by atoms with E-state index in [0.29, 0.717) is 28.6 Å². The zero-order valence-electron chi connectivity index (χ0n) is 13.9. The summed E-state index contributed by atoms with van der Waals surface area (Å²) in [6.45, 7) is 2.64. The molecule has 0 unspecified atom stereocenters. The van der Waals surface area contributed by atoms with E-state index >= 15 is 0 Å². The Balaban J connectivity index is 1.60. The van der Waals surface area contributed by atoms with Crippen molar-refractivity contribution in [3.05, 3.63) is 47.0 Å². The number of hydrogen-bond acceptors (Lipinski definition) is 5. The third-order valence-corrected chi connectivity index (χ3v) is 4.93. The van der Waals surface area contributed by atoms with Gasteiger partial charge in [-0.05, 0) is 31.2 Å². The normalized spacial score (nSPS) is 13.4. The highest BCUT2D eigenvalue weighted by molar-refractivity contribution is 7.16. The summed E-state index contributed by atoms with van der Waals surface area (Å²) >= 11 is 1.40. The Labute approximate surface area is 152 Å². The maximum Gasteiger partial charge on any atom is 0.286 e. The van der Waals surface area contributed by atoms with E-state index < -0.39 is 5.91 Å². The molecule has 1 aliphatic rings. The predicted molar refractivity (Wildman–Crippen MR) is 94.1 cm³/mol. The van der Waals surface area contributed by atoms with Crippen LogP contribution in [0.3, 0.4) is 0 Å². The van der Waals surface area contributed by atoms with Gasteiger partial charge in [0.2, 0.25) is 6.79 Å². The first-order chi connectivity index (χ1) is 12.6. The summed E-state index contributed by atoms with van der Waals surface area (Å²) in [5.74, 6) is 1.03. The minimum atomic E-state index is -0.414. The van der Waals surface area contributed by atoms with Gasteiger partial charge in [-0.1, -0.05) is 11.3 Å². The van der Waals surface area contributed by atoms with Gasteiger partial charge in [-0.3, -0.25) is 4.79 Å². The molecule has 2 aromatic carbocycles. The molecule has 0 N–H and O–H groups in total. The van der Waals surface area contributed by atoms with Crippen LogP contribution in [0.15, 0.2) is 41.4 Å². The quantitative estimate of drug-likeness (QED) is 0.704. The molecule has 6 nitrogen and oxygen atoms in total. The largest absolute Gasteiger partial charge is 0.484 e. The molecule has 134 valence electrons. The number of nitrogens with zero attached hydrogens (tertiary/aromatic N) is 2. The highest BCUT2D eigenvalue weighted by Crippen LogP contribution is 2.36. The lowest BCUT2D eigenvalue weighted by Gasteiger charge is -2.03. The summed E-state index contributed by atoms with van der Waals surface area (Å²) in [7, 11) is 0. The van der Waals surface area contributed by atoms with E-state index in [4.69, 9.17) is 14.2 Å². The van der Waals surface area contributed by atoms with E-state index in [1.165, 1.54) is 35.6 Å². The SMILES string of the molecule is CCn1c(=NC(=O)COc2ccc(F)cc2)sc2cc3c(cc21)OCO3. The number of aromatic nitrogens is 1. The number of fused-ring (bicyclic) bond motifs is 2. The van der Waals surface area contributed by atoms with Crippen LogP contribution < -0.4 is 19.0 Å². The number of hydrogen-bond donors (Lipinski definition) is 0. The van der Waals surface area contributed by atoms with Crippen LogP contribution in [0, 0.1) is 5.82 Å². The Morgan fingerprint density at radius 1 is 1.27 bits per heavy atom. The van der Waals surface area contributed by atoms with Gasteiger partial charge in [-0.2, -0.15) is 4.99 Å². The fourth-order valence-corrected chi connectivity index (χ4v) is 3.79. The topological polar surface area (TPSA) is 62.1 Å². The number of rotatable bonds is 4. The molecule has 0 saturated heterocycles. The van der Waals surface area contributed by atoms with E-state index in [0.717, 1.165) is 10.2 Å². The molecule has 0 bridgehead atoms. The number of aryl methyl sites for hydroxylation is 1. The summed E-state index contributed by atoms with van der Waals surface area (Å²) in [5, 5.41) is 0. The van der Waals surface area contributed by atoms with Gasteiger partial charge in [0, 0.05) is 18.7 Å². The molecule has 26 heavy (non-hydrogen) atoms. The van der Waals surface area contributed by atoms with E-state index in [9.17, 15) is 9.18 Å². The van der Waals surface area contributed by atoms with E-state index in [2.05, 4.69) is 4.99 Å². The number of benzene rings is 2. The molecule has 0 atom stereocenters. The number of ether oxygens (including phenoxy) is 3. The summed E-state index contributed by atoms with van der Waals surface area (Å²) in [6, 6.07) is 9.28. The zero-order chi connectivity index (χ0) is 18.1. The van der Waals surface area contributed by atoms with Gasteiger partial charge in [-0.25, -0.2) is 4.39 Å². The Morgan fingerprint density at radius 3 is 2.73 bits per heavy atom. The first-order valence-electron chi connectivity index (χ1n) is 8.03. The van der Waals surface area contributed by atoms with Crippen LogP contribution in [0.2, 0.25) is 0 Å². The van der Waals surface area contributed by atoms with Crippen LogP contribution in [0.5, 0.6) is 17.2 Å². The molecule has 0 aliphatic carbocycles. The maximum atomic E-state index is 12.9. The van der Waals surface area contributed by atoms with Crippen LogP contribution >= 0.6 is 11.3 Å². The number of carbonyl (C=O) groups excluding carboxylic acids is 1. The molecule has 1 amide bonds. The second-order valence-corrected chi connectivity index (χ2v) is 6.56. The third-order valence-electron chi connectivity index (χ3n) is 3.89. The van der Waals surface area contributed by atoms with Crippen molar-refractivity contribution in [1.82, 2.24) is 4.57 Å². The van der Waals surface area contributed by atoms with Crippen molar-refractivity contribution in [2.45, 2.75) is 13.5 Å². The van der Waals surface area contributed by atoms with E-state index in [1.807, 2.05) is 23.6 Å². The van der Waals surface area contributed by atoms with E-state index in [1.54, 1.807) is 0 Å². The molecule has 0 fully saturated rings. The number of halogens is 1. The molecule has 3 aromatic rings. The molecule has 0 spiro atoms. The summed E-state index contributed by atoms with van der Waals surface area (Å²) < 4.78 is 32.0. The van der Waals surface area contributed by atoms with Crippen LogP contribution in [-0.2, 0) is 11.3 Å². The third kappa shape index (κ3) is 3.15. The van der Waals surface area contributed by atoms with Crippen molar-refractivity contribution in [1.29, 1.82) is 0 Å². The molecule has 8 heteroatoms. The number of carbonyl (C=O) groups is 1. The predicted octanol–water partition coefficient (Wildman–Crippen LogP) is 3.10. The Hall–Kier alpha value is -2.87. The first kappa shape index (κ1) is 16.6. The smallest absolute Gasteiger partial charge is 0.286 e. The lowest BCUT2D eigenvalue weighted by Crippen LogP contribution is -2.18. The van der Waals surface area contributed by atoms with Gasteiger partial charge >= 0.3 is 0 Å². The Morgan fingerprint density at radius 2 is 2.00 bits per heavy atom. The lowest BCUT2D eigenvalue weighted by molar-refractivity contribution is -0.120. The molecule has 0 radical (unpaired) electrons. The second kappa shape index (κ2) is 6.80. The average Bonchev–Trinajstić information content (AvgIpc) is 3.22. The number of amides is 1. The Bertz CT molecular complexity index is 1040. The van der Waals surface area contributed by atoms with Crippen LogP contribution in [0.1, 0.15) is 6.92 Å². The lowest BCUT2D eigenvalue weighted by atomic mass is 10.3. The zero-order valence-corrected chi connectivity index (χ0v) is 14.7. The van der Waals surface area contributed by atoms with Gasteiger partial charge in [-0.15, -0.1) is 0 Å². The van der Waals surface area contributed by atoms with Crippen LogP contribution in [0.4, 0.5) is 4.39 Å². The van der Waals surface area contributed by atoms with Gasteiger partial charge in [0.05, 0.1) is 10.2 Å². The van der Waals surface area contributed by atoms with Gasteiger partial charge in [0.1, 0.15) is 11.6 Å². The van der Waals surface area contributed by atoms with Crippen molar-refractivity contribution >= 4 is 27.5 Å². The van der Waals surface area contributed by atoms with Crippen molar-refractivity contribution in [3.8, 4) is 17.2 Å². The average molecular weight is 374 g/mol. The molecule has 4 rings (SSSR count). The van der Waals surface area contributed by atoms with Crippen LogP contribution in [-0.4, -0.2) is 23.9 Å². The molecule has 1 aliphatic heterocycles. The maximum absolute atomic E-state index is 12.9. The standard InChI is InChI=1S/C18H15FN2O4S/c1-2-21-13-7-14-15(25-10-24-14)8-16(13)26-18(21)20-17(22)9-23-12-5-3-11(19)4-6-12/h3-8H,2,9-10H2,1H3. The van der Waals surface area contributed by atoms with Crippen molar-refractivity contribution in [3.63, 3.8) is 0 Å². The molecule has 2 heterocycles. The summed E-state index contributed by atoms with van der Waals surface area (Å²) in [4.78, 5) is 16.9. The molecule has 1 aromatic heterocycles. The molecule has 0 saturated carbocycles. The summed E-state index contributed by atoms with van der Waals surface area (Å²) in [5.41, 5.74) is 0.938. The molecular weight excluding hydrogens is 359 g/mol. The minimum Gasteiger partial charge on any atom is -0.484 e. The van der Waals surface area contributed by atoms with Gasteiger partial charge in [0.15, 0.2) is 22.9 Å². The molecular formula is C18H15FN2O4S. The highest BCUT2D eigenvalue weighted by atomic mass is 32.1. The van der Waals surface area contributed by atoms with Crippen molar-refractivity contribution in [2.75, 3.05) is 13.4 Å². The fourth-order valence-electron chi connectivity index (χ4n) is 2.67. The second-order valence-electron chi connectivity index (χ2n) is 5.55.